The highest BCUT2D eigenvalue weighted by atomic mass is 32.1. The molecule has 21 heavy (non-hydrogen) atoms. The number of hydrogen-bond acceptors (Lipinski definition) is 4. The third-order valence-corrected chi connectivity index (χ3v) is 4.10. The molecule has 0 saturated heterocycles. The Hall–Kier alpha value is -2.33. The van der Waals surface area contributed by atoms with Gasteiger partial charge in [0.15, 0.2) is 0 Å². The van der Waals surface area contributed by atoms with Crippen molar-refractivity contribution >= 4 is 11.3 Å². The standard InChI is InChI=1S/C17H15NO2S/c1-19-14-8-6-12(7-9-14)17-18-16(11-21-17)13-4-3-5-15(10-13)20-2/h3-11H,1-2H3. The molecule has 0 aliphatic carbocycles. The molecule has 0 unspecified atom stereocenters. The van der Waals surface area contributed by atoms with E-state index in [-0.39, 0.29) is 0 Å². The van der Waals surface area contributed by atoms with Crippen LogP contribution in [0.2, 0.25) is 0 Å². The molecule has 3 nitrogen and oxygen atoms in total. The third-order valence-electron chi connectivity index (χ3n) is 3.21. The van der Waals surface area contributed by atoms with Crippen molar-refractivity contribution in [3.05, 3.63) is 53.9 Å². The van der Waals surface area contributed by atoms with Crippen LogP contribution in [0.4, 0.5) is 0 Å². The molecule has 0 aliphatic rings. The lowest BCUT2D eigenvalue weighted by Gasteiger charge is -2.02. The highest BCUT2D eigenvalue weighted by Gasteiger charge is 2.07. The molecule has 0 atom stereocenters. The van der Waals surface area contributed by atoms with E-state index in [1.54, 1.807) is 25.6 Å². The summed E-state index contributed by atoms with van der Waals surface area (Å²) in [5.74, 6) is 1.69. The van der Waals surface area contributed by atoms with Gasteiger partial charge in [-0.1, -0.05) is 12.1 Å². The molecule has 3 aromatic rings. The Kier molecular flexibility index (Phi) is 3.88. The summed E-state index contributed by atoms with van der Waals surface area (Å²) in [5, 5.41) is 3.06. The minimum Gasteiger partial charge on any atom is -0.497 e. The maximum absolute atomic E-state index is 5.26. The average molecular weight is 297 g/mol. The van der Waals surface area contributed by atoms with Crippen molar-refractivity contribution in [2.75, 3.05) is 14.2 Å². The summed E-state index contributed by atoms with van der Waals surface area (Å²) in [5.41, 5.74) is 3.12. The second-order valence-electron chi connectivity index (χ2n) is 4.50. The van der Waals surface area contributed by atoms with Gasteiger partial charge in [0, 0.05) is 16.5 Å². The summed E-state index contributed by atoms with van der Waals surface area (Å²) in [4.78, 5) is 4.70. The van der Waals surface area contributed by atoms with E-state index in [0.717, 1.165) is 33.3 Å². The molecule has 106 valence electrons. The largest absolute Gasteiger partial charge is 0.497 e. The van der Waals surface area contributed by atoms with Gasteiger partial charge in [-0.05, 0) is 36.4 Å². The van der Waals surface area contributed by atoms with E-state index in [2.05, 4.69) is 5.38 Å². The molecule has 2 aromatic carbocycles. The SMILES string of the molecule is COc1ccc(-c2nc(-c3cccc(OC)c3)cs2)cc1. The molecule has 0 N–H and O–H groups in total. The molecule has 0 bridgehead atoms. The first kappa shape index (κ1) is 13.6. The topological polar surface area (TPSA) is 31.4 Å². The van der Waals surface area contributed by atoms with Gasteiger partial charge in [-0.25, -0.2) is 4.98 Å². The van der Waals surface area contributed by atoms with Gasteiger partial charge in [0.05, 0.1) is 19.9 Å². The van der Waals surface area contributed by atoms with E-state index in [1.807, 2.05) is 48.5 Å². The van der Waals surface area contributed by atoms with Crippen molar-refractivity contribution in [2.45, 2.75) is 0 Å². The highest BCUT2D eigenvalue weighted by molar-refractivity contribution is 7.13. The summed E-state index contributed by atoms with van der Waals surface area (Å²) < 4.78 is 10.4. The summed E-state index contributed by atoms with van der Waals surface area (Å²) in [7, 11) is 3.34. The molecule has 4 heteroatoms. The quantitative estimate of drug-likeness (QED) is 0.711. The van der Waals surface area contributed by atoms with Crippen molar-refractivity contribution < 1.29 is 9.47 Å². The van der Waals surface area contributed by atoms with Crippen LogP contribution in [0.5, 0.6) is 11.5 Å². The molecule has 0 saturated carbocycles. The minimum atomic E-state index is 0.839. The van der Waals surface area contributed by atoms with Crippen LogP contribution in [0.25, 0.3) is 21.8 Å². The van der Waals surface area contributed by atoms with Crippen molar-refractivity contribution in [3.8, 4) is 33.3 Å². The van der Waals surface area contributed by atoms with Crippen LogP contribution in [-0.2, 0) is 0 Å². The molecule has 1 heterocycles. The first-order valence-electron chi connectivity index (χ1n) is 6.54. The molecule has 1 aromatic heterocycles. The molecule has 0 amide bonds. The van der Waals surface area contributed by atoms with Crippen molar-refractivity contribution in [3.63, 3.8) is 0 Å². The van der Waals surface area contributed by atoms with Crippen LogP contribution in [-0.4, -0.2) is 19.2 Å². The van der Waals surface area contributed by atoms with E-state index < -0.39 is 0 Å². The fourth-order valence-corrected chi connectivity index (χ4v) is 2.89. The van der Waals surface area contributed by atoms with Crippen LogP contribution in [0, 0.1) is 0 Å². The van der Waals surface area contributed by atoms with E-state index in [0.29, 0.717) is 0 Å². The zero-order valence-corrected chi connectivity index (χ0v) is 12.7. The first-order chi connectivity index (χ1) is 10.3. The lowest BCUT2D eigenvalue weighted by molar-refractivity contribution is 0.415. The second-order valence-corrected chi connectivity index (χ2v) is 5.36. The Morgan fingerprint density at radius 1 is 0.857 bits per heavy atom. The van der Waals surface area contributed by atoms with Crippen LogP contribution in [0.3, 0.4) is 0 Å². The minimum absolute atomic E-state index is 0.839. The Labute approximate surface area is 127 Å². The predicted octanol–water partition coefficient (Wildman–Crippen LogP) is 4.49. The maximum atomic E-state index is 5.26. The normalized spacial score (nSPS) is 10.4. The smallest absolute Gasteiger partial charge is 0.124 e. The van der Waals surface area contributed by atoms with Crippen molar-refractivity contribution in [1.29, 1.82) is 0 Å². The first-order valence-corrected chi connectivity index (χ1v) is 7.42. The van der Waals surface area contributed by atoms with Crippen LogP contribution in [0.1, 0.15) is 0 Å². The van der Waals surface area contributed by atoms with Gasteiger partial charge < -0.3 is 9.47 Å². The number of hydrogen-bond donors (Lipinski definition) is 0. The molecular formula is C17H15NO2S. The molecule has 0 fully saturated rings. The maximum Gasteiger partial charge on any atom is 0.124 e. The van der Waals surface area contributed by atoms with Gasteiger partial charge in [-0.2, -0.15) is 0 Å². The van der Waals surface area contributed by atoms with Crippen LogP contribution in [0.15, 0.2) is 53.9 Å². The lowest BCUT2D eigenvalue weighted by Crippen LogP contribution is -1.84. The number of aromatic nitrogens is 1. The van der Waals surface area contributed by atoms with E-state index in [1.165, 1.54) is 0 Å². The van der Waals surface area contributed by atoms with Crippen molar-refractivity contribution in [2.24, 2.45) is 0 Å². The zero-order chi connectivity index (χ0) is 14.7. The predicted molar refractivity (Wildman–Crippen MR) is 86.1 cm³/mol. The number of ether oxygens (including phenoxy) is 2. The summed E-state index contributed by atoms with van der Waals surface area (Å²) in [6.07, 6.45) is 0. The van der Waals surface area contributed by atoms with Gasteiger partial charge in [-0.15, -0.1) is 11.3 Å². The van der Waals surface area contributed by atoms with Gasteiger partial charge in [0.25, 0.3) is 0 Å². The van der Waals surface area contributed by atoms with E-state index in [9.17, 15) is 0 Å². The van der Waals surface area contributed by atoms with E-state index in [4.69, 9.17) is 14.5 Å². The highest BCUT2D eigenvalue weighted by Crippen LogP contribution is 2.31. The fraction of sp³-hybridized carbons (Fsp3) is 0.118. The molecule has 0 spiro atoms. The van der Waals surface area contributed by atoms with Gasteiger partial charge in [-0.3, -0.25) is 0 Å². The number of rotatable bonds is 4. The number of methoxy groups -OCH3 is 2. The number of nitrogens with zero attached hydrogens (tertiary/aromatic N) is 1. The Morgan fingerprint density at radius 2 is 1.62 bits per heavy atom. The molecule has 0 aliphatic heterocycles. The second kappa shape index (κ2) is 5.97. The van der Waals surface area contributed by atoms with Gasteiger partial charge in [0.1, 0.15) is 16.5 Å². The summed E-state index contributed by atoms with van der Waals surface area (Å²) >= 11 is 1.63. The lowest BCUT2D eigenvalue weighted by atomic mass is 10.1. The van der Waals surface area contributed by atoms with Gasteiger partial charge in [0.2, 0.25) is 0 Å². The molecular weight excluding hydrogens is 282 g/mol. The third kappa shape index (κ3) is 2.90. The Balaban J connectivity index is 1.91. The Bertz CT molecular complexity index is 735. The molecule has 3 rings (SSSR count). The summed E-state index contributed by atoms with van der Waals surface area (Å²) in [6, 6.07) is 15.9. The van der Waals surface area contributed by atoms with Crippen LogP contribution < -0.4 is 9.47 Å². The summed E-state index contributed by atoms with van der Waals surface area (Å²) in [6.45, 7) is 0. The van der Waals surface area contributed by atoms with Crippen LogP contribution >= 0.6 is 11.3 Å². The number of thiazole rings is 1. The monoisotopic (exact) mass is 297 g/mol. The average Bonchev–Trinajstić information content (AvgIpc) is 3.05. The number of benzene rings is 2. The van der Waals surface area contributed by atoms with Crippen molar-refractivity contribution in [1.82, 2.24) is 4.98 Å². The molecule has 0 radical (unpaired) electrons. The van der Waals surface area contributed by atoms with Gasteiger partial charge >= 0.3 is 0 Å². The zero-order valence-electron chi connectivity index (χ0n) is 11.9. The van der Waals surface area contributed by atoms with E-state index >= 15 is 0 Å². The fourth-order valence-electron chi connectivity index (χ4n) is 2.05. The Morgan fingerprint density at radius 3 is 2.33 bits per heavy atom.